The molecule has 118 valence electrons. The summed E-state index contributed by atoms with van der Waals surface area (Å²) in [5, 5.41) is 5.39. The lowest BCUT2D eigenvalue weighted by molar-refractivity contribution is 0.213. The van der Waals surface area contributed by atoms with E-state index in [1.165, 1.54) is 38.8 Å². The summed E-state index contributed by atoms with van der Waals surface area (Å²) in [7, 11) is 0. The first kappa shape index (κ1) is 15.1. The summed E-state index contributed by atoms with van der Waals surface area (Å²) in [4.78, 5) is 17.0. The van der Waals surface area contributed by atoms with Crippen LogP contribution in [0.3, 0.4) is 0 Å². The molecule has 1 fully saturated rings. The van der Waals surface area contributed by atoms with Gasteiger partial charge >= 0.3 is 0 Å². The van der Waals surface area contributed by atoms with Crippen LogP contribution in [0.1, 0.15) is 32.6 Å². The average molecular weight is 299 g/mol. The molecule has 0 saturated carbocycles. The monoisotopic (exact) mass is 299 g/mol. The van der Waals surface area contributed by atoms with E-state index >= 15 is 0 Å². The number of pyridine rings is 1. The smallest absolute Gasteiger partial charge is 0.255 e. The Labute approximate surface area is 131 Å². The van der Waals surface area contributed by atoms with Crippen LogP contribution >= 0.6 is 0 Å². The number of aromatic nitrogens is 1. The molecule has 3 rings (SSSR count). The van der Waals surface area contributed by atoms with Crippen LogP contribution in [0.4, 0.5) is 5.69 Å². The molecular formula is C18H25N3O. The van der Waals surface area contributed by atoms with Crippen LogP contribution in [0.25, 0.3) is 10.8 Å². The molecule has 1 unspecified atom stereocenters. The van der Waals surface area contributed by atoms with Gasteiger partial charge in [0.25, 0.3) is 5.56 Å². The maximum absolute atomic E-state index is 11.7. The number of likely N-dealkylation sites (tertiary alicyclic amines) is 1. The van der Waals surface area contributed by atoms with E-state index in [2.05, 4.69) is 28.2 Å². The van der Waals surface area contributed by atoms with Gasteiger partial charge in [0, 0.05) is 29.9 Å². The third-order valence-electron chi connectivity index (χ3n) is 4.48. The lowest BCUT2D eigenvalue weighted by Gasteiger charge is -2.33. The number of piperidine rings is 1. The number of nitrogens with zero attached hydrogens (tertiary/aromatic N) is 1. The highest BCUT2D eigenvalue weighted by atomic mass is 16.1. The third kappa shape index (κ3) is 3.50. The number of benzene rings is 1. The zero-order chi connectivity index (χ0) is 15.4. The van der Waals surface area contributed by atoms with Crippen molar-refractivity contribution in [2.45, 2.75) is 38.6 Å². The Bertz CT molecular complexity index is 679. The number of unbranched alkanes of at least 4 members (excludes halogenated alkanes) is 1. The molecule has 4 heteroatoms. The topological polar surface area (TPSA) is 48.1 Å². The zero-order valence-electron chi connectivity index (χ0n) is 13.3. The molecule has 0 spiro atoms. The first-order chi connectivity index (χ1) is 10.8. The summed E-state index contributed by atoms with van der Waals surface area (Å²) >= 11 is 0. The summed E-state index contributed by atoms with van der Waals surface area (Å²) < 4.78 is 0. The quantitative estimate of drug-likeness (QED) is 0.891. The highest BCUT2D eigenvalue weighted by Crippen LogP contribution is 2.20. The SMILES string of the molecule is CCCCN1CCCC(Nc2ccc3c(=O)[nH]ccc3c2)C1. The maximum atomic E-state index is 11.7. The lowest BCUT2D eigenvalue weighted by Crippen LogP contribution is -2.42. The minimum Gasteiger partial charge on any atom is -0.381 e. The van der Waals surface area contributed by atoms with Gasteiger partial charge in [-0.15, -0.1) is 0 Å². The molecule has 2 heterocycles. The molecule has 1 atom stereocenters. The number of nitrogens with one attached hydrogen (secondary N) is 2. The second-order valence-corrected chi connectivity index (χ2v) is 6.25. The molecular weight excluding hydrogens is 274 g/mol. The van der Waals surface area contributed by atoms with Crippen molar-refractivity contribution in [2.75, 3.05) is 25.0 Å². The van der Waals surface area contributed by atoms with Crippen molar-refractivity contribution in [1.29, 1.82) is 0 Å². The van der Waals surface area contributed by atoms with Gasteiger partial charge < -0.3 is 15.2 Å². The summed E-state index contributed by atoms with van der Waals surface area (Å²) in [5.74, 6) is 0. The van der Waals surface area contributed by atoms with Crippen LogP contribution in [0.2, 0.25) is 0 Å². The van der Waals surface area contributed by atoms with Crippen molar-refractivity contribution in [3.05, 3.63) is 40.8 Å². The summed E-state index contributed by atoms with van der Waals surface area (Å²) in [6.45, 7) is 5.80. The minimum absolute atomic E-state index is 0.0209. The van der Waals surface area contributed by atoms with Gasteiger partial charge in [0.2, 0.25) is 0 Å². The van der Waals surface area contributed by atoms with E-state index < -0.39 is 0 Å². The van der Waals surface area contributed by atoms with Gasteiger partial charge in [-0.1, -0.05) is 13.3 Å². The van der Waals surface area contributed by atoms with Crippen molar-refractivity contribution in [1.82, 2.24) is 9.88 Å². The Morgan fingerprint density at radius 1 is 1.36 bits per heavy atom. The van der Waals surface area contributed by atoms with E-state index in [-0.39, 0.29) is 5.56 Å². The van der Waals surface area contributed by atoms with Gasteiger partial charge in [0.1, 0.15) is 0 Å². The number of aromatic amines is 1. The fourth-order valence-corrected chi connectivity index (χ4v) is 3.28. The van der Waals surface area contributed by atoms with Crippen molar-refractivity contribution in [3.8, 4) is 0 Å². The number of anilines is 1. The van der Waals surface area contributed by atoms with Gasteiger partial charge in [-0.2, -0.15) is 0 Å². The van der Waals surface area contributed by atoms with E-state index in [4.69, 9.17) is 0 Å². The number of hydrogen-bond acceptors (Lipinski definition) is 3. The summed E-state index contributed by atoms with van der Waals surface area (Å²) in [6.07, 6.45) is 6.73. The van der Waals surface area contributed by atoms with Crippen LogP contribution in [-0.2, 0) is 0 Å². The molecule has 2 N–H and O–H groups in total. The molecule has 22 heavy (non-hydrogen) atoms. The highest BCUT2D eigenvalue weighted by Gasteiger charge is 2.19. The first-order valence-electron chi connectivity index (χ1n) is 8.36. The number of rotatable bonds is 5. The molecule has 4 nitrogen and oxygen atoms in total. The van der Waals surface area contributed by atoms with E-state index in [0.717, 1.165) is 23.0 Å². The Hall–Kier alpha value is -1.81. The fraction of sp³-hybridized carbons (Fsp3) is 0.500. The number of H-pyrrole nitrogens is 1. The second-order valence-electron chi connectivity index (χ2n) is 6.25. The molecule has 1 aromatic carbocycles. The van der Waals surface area contributed by atoms with Crippen molar-refractivity contribution in [3.63, 3.8) is 0 Å². The first-order valence-corrected chi connectivity index (χ1v) is 8.36. The number of fused-ring (bicyclic) bond motifs is 1. The van der Waals surface area contributed by atoms with Crippen LogP contribution in [0, 0.1) is 0 Å². The average Bonchev–Trinajstić information content (AvgIpc) is 2.53. The van der Waals surface area contributed by atoms with Gasteiger partial charge in [-0.05, 0) is 62.0 Å². The van der Waals surface area contributed by atoms with Crippen LogP contribution in [0.5, 0.6) is 0 Å². The fourth-order valence-electron chi connectivity index (χ4n) is 3.28. The van der Waals surface area contributed by atoms with Gasteiger partial charge in [-0.3, -0.25) is 4.79 Å². The van der Waals surface area contributed by atoms with Gasteiger partial charge in [-0.25, -0.2) is 0 Å². The van der Waals surface area contributed by atoms with Crippen molar-refractivity contribution in [2.24, 2.45) is 0 Å². The highest BCUT2D eigenvalue weighted by molar-refractivity contribution is 5.84. The zero-order valence-corrected chi connectivity index (χ0v) is 13.3. The van der Waals surface area contributed by atoms with Gasteiger partial charge in [0.05, 0.1) is 0 Å². The van der Waals surface area contributed by atoms with Crippen molar-refractivity contribution >= 4 is 16.5 Å². The maximum Gasteiger partial charge on any atom is 0.255 e. The summed E-state index contributed by atoms with van der Waals surface area (Å²) in [5.41, 5.74) is 1.09. The predicted molar refractivity (Wildman–Crippen MR) is 92.6 cm³/mol. The molecule has 1 aliphatic rings. The standard InChI is InChI=1S/C18H25N3O/c1-2-3-10-21-11-4-5-16(13-21)20-15-6-7-17-14(12-15)8-9-19-18(17)22/h6-9,12,16,20H,2-5,10-11,13H2,1H3,(H,19,22). The Balaban J connectivity index is 1.68. The molecule has 2 aromatic rings. The van der Waals surface area contributed by atoms with E-state index in [1.807, 2.05) is 18.2 Å². The summed E-state index contributed by atoms with van der Waals surface area (Å²) in [6, 6.07) is 8.47. The Morgan fingerprint density at radius 2 is 2.27 bits per heavy atom. The second kappa shape index (κ2) is 6.97. The third-order valence-corrected chi connectivity index (χ3v) is 4.48. The molecule has 0 amide bonds. The van der Waals surface area contributed by atoms with Gasteiger partial charge in [0.15, 0.2) is 0 Å². The molecule has 1 aliphatic heterocycles. The van der Waals surface area contributed by atoms with E-state index in [0.29, 0.717) is 6.04 Å². The molecule has 0 aliphatic carbocycles. The van der Waals surface area contributed by atoms with E-state index in [1.54, 1.807) is 6.20 Å². The Kier molecular flexibility index (Phi) is 4.78. The minimum atomic E-state index is -0.0209. The molecule has 0 bridgehead atoms. The Morgan fingerprint density at radius 3 is 3.14 bits per heavy atom. The molecule has 1 saturated heterocycles. The van der Waals surface area contributed by atoms with Crippen LogP contribution in [0.15, 0.2) is 35.3 Å². The number of hydrogen-bond donors (Lipinski definition) is 2. The van der Waals surface area contributed by atoms with E-state index in [9.17, 15) is 4.79 Å². The molecule has 1 aromatic heterocycles. The lowest BCUT2D eigenvalue weighted by atomic mass is 10.0. The predicted octanol–water partition coefficient (Wildman–Crippen LogP) is 3.20. The van der Waals surface area contributed by atoms with Crippen LogP contribution in [-0.4, -0.2) is 35.6 Å². The molecule has 0 radical (unpaired) electrons. The van der Waals surface area contributed by atoms with Crippen molar-refractivity contribution < 1.29 is 0 Å². The largest absolute Gasteiger partial charge is 0.381 e. The van der Waals surface area contributed by atoms with Crippen LogP contribution < -0.4 is 10.9 Å². The normalized spacial score (nSPS) is 19.4.